The molecule has 1 aliphatic rings. The molecule has 0 atom stereocenters. The molecule has 136 valence electrons. The summed E-state index contributed by atoms with van der Waals surface area (Å²) in [5.41, 5.74) is 2.09. The Bertz CT molecular complexity index is 739. The zero-order valence-corrected chi connectivity index (χ0v) is 16.2. The van der Waals surface area contributed by atoms with Gasteiger partial charge in [0.25, 0.3) is 0 Å². The summed E-state index contributed by atoms with van der Waals surface area (Å²) in [5.74, 6) is 0.0905. The van der Waals surface area contributed by atoms with E-state index in [9.17, 15) is 4.79 Å². The number of aryl methyl sites for hydroxylation is 1. The summed E-state index contributed by atoms with van der Waals surface area (Å²) in [6, 6.07) is 14.2. The van der Waals surface area contributed by atoms with Crippen LogP contribution < -0.4 is 0 Å². The normalized spacial score (nSPS) is 16.0. The maximum Gasteiger partial charge on any atom is 0.227 e. The van der Waals surface area contributed by atoms with Gasteiger partial charge >= 0.3 is 0 Å². The third-order valence-corrected chi connectivity index (χ3v) is 6.14. The molecule has 0 aliphatic heterocycles. The van der Waals surface area contributed by atoms with E-state index < -0.39 is 0 Å². The molecule has 4 heteroatoms. The molecule has 0 spiro atoms. The second-order valence-corrected chi connectivity index (χ2v) is 7.51. The molecule has 1 aliphatic carbocycles. The van der Waals surface area contributed by atoms with Gasteiger partial charge < -0.3 is 4.90 Å². The number of carbonyl (C=O) groups is 1. The summed E-state index contributed by atoms with van der Waals surface area (Å²) in [6.07, 6.45) is 10.4. The van der Waals surface area contributed by atoms with E-state index >= 15 is 0 Å². The largest absolute Gasteiger partial charge is 0.309 e. The van der Waals surface area contributed by atoms with Gasteiger partial charge in [-0.15, -0.1) is 0 Å². The van der Waals surface area contributed by atoms with Gasteiger partial charge in [0.05, 0.1) is 4.99 Å². The maximum absolute atomic E-state index is 12.8. The van der Waals surface area contributed by atoms with Gasteiger partial charge in [0.1, 0.15) is 0 Å². The number of amides is 1. The first-order valence-electron chi connectivity index (χ1n) is 9.39. The highest BCUT2D eigenvalue weighted by atomic mass is 32.1. The van der Waals surface area contributed by atoms with E-state index in [1.54, 1.807) is 11.1 Å². The number of nitrogens with zero attached hydrogens (tertiary/aromatic N) is 2. The van der Waals surface area contributed by atoms with Gasteiger partial charge in [0.15, 0.2) is 0 Å². The SMILES string of the molecule is CN(C(=O)CCc1ccccc1)C(=S)C1(c2cccnc2)CCCCC1. The van der Waals surface area contributed by atoms with Gasteiger partial charge in [-0.2, -0.15) is 0 Å². The molecule has 0 saturated heterocycles. The van der Waals surface area contributed by atoms with E-state index in [1.165, 1.54) is 12.0 Å². The first-order chi connectivity index (χ1) is 12.6. The van der Waals surface area contributed by atoms with Crippen LogP contribution in [0.5, 0.6) is 0 Å². The topological polar surface area (TPSA) is 33.2 Å². The zero-order valence-electron chi connectivity index (χ0n) is 15.4. The highest BCUT2D eigenvalue weighted by Gasteiger charge is 2.41. The van der Waals surface area contributed by atoms with Crippen LogP contribution in [-0.2, 0) is 16.6 Å². The van der Waals surface area contributed by atoms with Crippen molar-refractivity contribution >= 4 is 23.1 Å². The lowest BCUT2D eigenvalue weighted by Gasteiger charge is -2.41. The highest BCUT2D eigenvalue weighted by Crippen LogP contribution is 2.41. The maximum atomic E-state index is 12.8. The number of pyridine rings is 1. The summed E-state index contributed by atoms with van der Waals surface area (Å²) in [6.45, 7) is 0. The van der Waals surface area contributed by atoms with Crippen LogP contribution in [0.2, 0.25) is 0 Å². The van der Waals surface area contributed by atoms with Crippen LogP contribution in [0.4, 0.5) is 0 Å². The monoisotopic (exact) mass is 366 g/mol. The molecule has 26 heavy (non-hydrogen) atoms. The molecule has 3 rings (SSSR count). The summed E-state index contributed by atoms with van der Waals surface area (Å²) >= 11 is 5.88. The smallest absolute Gasteiger partial charge is 0.227 e. The first kappa shape index (κ1) is 18.7. The fraction of sp³-hybridized carbons (Fsp3) is 0.409. The third kappa shape index (κ3) is 4.01. The van der Waals surface area contributed by atoms with E-state index in [0.717, 1.165) is 42.7 Å². The Balaban J connectivity index is 1.75. The van der Waals surface area contributed by atoms with Crippen LogP contribution in [0.1, 0.15) is 49.7 Å². The number of hydrogen-bond donors (Lipinski definition) is 0. The van der Waals surface area contributed by atoms with Gasteiger partial charge in [-0.3, -0.25) is 9.78 Å². The molecular formula is C22H26N2OS. The Labute approximate surface area is 161 Å². The molecule has 0 N–H and O–H groups in total. The Hall–Kier alpha value is -2.07. The molecule has 3 nitrogen and oxygen atoms in total. The molecule has 0 unspecified atom stereocenters. The quantitative estimate of drug-likeness (QED) is 0.719. The Morgan fingerprint density at radius 3 is 2.50 bits per heavy atom. The van der Waals surface area contributed by atoms with Crippen molar-refractivity contribution in [3.63, 3.8) is 0 Å². The molecule has 2 aromatic rings. The van der Waals surface area contributed by atoms with Gasteiger partial charge in [0.2, 0.25) is 5.91 Å². The van der Waals surface area contributed by atoms with E-state index in [2.05, 4.69) is 23.2 Å². The van der Waals surface area contributed by atoms with Crippen molar-refractivity contribution < 1.29 is 4.79 Å². The molecule has 1 aromatic carbocycles. The van der Waals surface area contributed by atoms with Crippen molar-refractivity contribution in [1.29, 1.82) is 0 Å². The molecule has 0 radical (unpaired) electrons. The summed E-state index contributed by atoms with van der Waals surface area (Å²) < 4.78 is 0. The van der Waals surface area contributed by atoms with Crippen LogP contribution in [-0.4, -0.2) is 27.8 Å². The highest BCUT2D eigenvalue weighted by molar-refractivity contribution is 7.80. The summed E-state index contributed by atoms with van der Waals surface area (Å²) in [4.78, 5) is 19.6. The molecule has 1 saturated carbocycles. The van der Waals surface area contributed by atoms with E-state index in [-0.39, 0.29) is 11.3 Å². The van der Waals surface area contributed by atoms with Crippen molar-refractivity contribution in [2.24, 2.45) is 0 Å². The fourth-order valence-electron chi connectivity index (χ4n) is 3.93. The predicted molar refractivity (Wildman–Crippen MR) is 109 cm³/mol. The number of likely N-dealkylation sites (N-methyl/N-ethyl adjacent to an activating group) is 1. The molecule has 1 amide bonds. The van der Waals surface area contributed by atoms with E-state index in [0.29, 0.717) is 6.42 Å². The van der Waals surface area contributed by atoms with Gasteiger partial charge in [0, 0.05) is 31.3 Å². The number of aromatic nitrogens is 1. The average Bonchev–Trinajstić information content (AvgIpc) is 2.72. The van der Waals surface area contributed by atoms with Crippen LogP contribution >= 0.6 is 12.2 Å². The number of rotatable bonds is 5. The Morgan fingerprint density at radius 1 is 1.12 bits per heavy atom. The lowest BCUT2D eigenvalue weighted by atomic mass is 9.69. The minimum absolute atomic E-state index is 0.0905. The van der Waals surface area contributed by atoms with Gasteiger partial charge in [-0.25, -0.2) is 0 Å². The third-order valence-electron chi connectivity index (χ3n) is 5.48. The van der Waals surface area contributed by atoms with E-state index in [1.807, 2.05) is 37.5 Å². The standard InChI is InChI=1S/C22H26N2OS/c1-24(20(25)13-12-18-9-4-2-5-10-18)21(26)22(14-6-3-7-15-22)19-11-8-16-23-17-19/h2,4-5,8-11,16-17H,3,6-7,12-15H2,1H3. The zero-order chi connectivity index (χ0) is 18.4. The predicted octanol–water partition coefficient (Wildman–Crippen LogP) is 4.70. The van der Waals surface area contributed by atoms with Crippen molar-refractivity contribution in [3.8, 4) is 0 Å². The fourth-order valence-corrected chi connectivity index (χ4v) is 4.35. The van der Waals surface area contributed by atoms with Crippen LogP contribution in [0.3, 0.4) is 0 Å². The van der Waals surface area contributed by atoms with Crippen LogP contribution in [0.15, 0.2) is 54.9 Å². The minimum atomic E-state index is -0.237. The first-order valence-corrected chi connectivity index (χ1v) is 9.80. The van der Waals surface area contributed by atoms with Crippen molar-refractivity contribution in [1.82, 2.24) is 9.88 Å². The molecular weight excluding hydrogens is 340 g/mol. The lowest BCUT2D eigenvalue weighted by molar-refractivity contribution is -0.126. The lowest BCUT2D eigenvalue weighted by Crippen LogP contribution is -2.47. The minimum Gasteiger partial charge on any atom is -0.309 e. The van der Waals surface area contributed by atoms with Gasteiger partial charge in [-0.05, 0) is 36.5 Å². The number of thiocarbonyl (C=S) groups is 1. The number of carbonyl (C=O) groups excluding carboxylic acids is 1. The Morgan fingerprint density at radius 2 is 1.85 bits per heavy atom. The molecule has 0 bridgehead atoms. The van der Waals surface area contributed by atoms with E-state index in [4.69, 9.17) is 12.2 Å². The van der Waals surface area contributed by atoms with Crippen molar-refractivity contribution in [2.75, 3.05) is 7.05 Å². The molecule has 1 heterocycles. The van der Waals surface area contributed by atoms with Crippen molar-refractivity contribution in [2.45, 2.75) is 50.4 Å². The van der Waals surface area contributed by atoms with Gasteiger partial charge in [-0.1, -0.05) is 67.9 Å². The number of hydrogen-bond acceptors (Lipinski definition) is 3. The van der Waals surface area contributed by atoms with Crippen molar-refractivity contribution in [3.05, 3.63) is 66.0 Å². The summed E-state index contributed by atoms with van der Waals surface area (Å²) in [5, 5.41) is 0. The summed E-state index contributed by atoms with van der Waals surface area (Å²) in [7, 11) is 1.84. The second kappa shape index (κ2) is 8.54. The molecule has 1 fully saturated rings. The number of benzene rings is 1. The average molecular weight is 367 g/mol. The Kier molecular flexibility index (Phi) is 6.15. The van der Waals surface area contributed by atoms with Crippen LogP contribution in [0, 0.1) is 0 Å². The van der Waals surface area contributed by atoms with Crippen LogP contribution in [0.25, 0.3) is 0 Å². The molecule has 1 aromatic heterocycles. The second-order valence-electron chi connectivity index (χ2n) is 7.13.